The Morgan fingerprint density at radius 3 is 2.23 bits per heavy atom. The normalized spacial score (nSPS) is 10.6. The second kappa shape index (κ2) is 14.1. The Kier molecular flexibility index (Phi) is 10.1. The van der Waals surface area contributed by atoms with Gasteiger partial charge in [0, 0.05) is 23.5 Å². The van der Waals surface area contributed by atoms with Gasteiger partial charge in [-0.25, -0.2) is 0 Å². The first-order chi connectivity index (χ1) is 19.5. The summed E-state index contributed by atoms with van der Waals surface area (Å²) in [5, 5.41) is 2.00. The number of carbonyl (C=O) groups excluding carboxylic acids is 2. The van der Waals surface area contributed by atoms with Gasteiger partial charge < -0.3 is 19.3 Å². The maximum absolute atomic E-state index is 13.6. The molecule has 3 aromatic carbocycles. The lowest BCUT2D eigenvalue weighted by Crippen LogP contribution is -2.43. The molecule has 0 aliphatic rings. The Morgan fingerprint density at radius 2 is 1.57 bits per heavy atom. The van der Waals surface area contributed by atoms with E-state index in [-0.39, 0.29) is 24.9 Å². The second-order valence-electron chi connectivity index (χ2n) is 9.25. The number of nitrogens with zero attached hydrogens (tertiary/aromatic N) is 2. The lowest BCUT2D eigenvalue weighted by molar-refractivity contribution is -0.132. The van der Waals surface area contributed by atoms with Gasteiger partial charge in [-0.15, -0.1) is 17.9 Å². The summed E-state index contributed by atoms with van der Waals surface area (Å²) < 4.78 is 10.8. The van der Waals surface area contributed by atoms with Crippen LogP contribution in [0.2, 0.25) is 0 Å². The average Bonchev–Trinajstić information content (AvgIpc) is 3.52. The summed E-state index contributed by atoms with van der Waals surface area (Å²) in [5.41, 5.74) is 3.67. The molecular weight excluding hydrogens is 520 g/mol. The number of carbonyl (C=O) groups is 2. The molecule has 4 rings (SSSR count). The van der Waals surface area contributed by atoms with Crippen LogP contribution >= 0.6 is 11.3 Å². The summed E-state index contributed by atoms with van der Waals surface area (Å²) in [4.78, 5) is 31.5. The molecule has 0 aliphatic carbocycles. The van der Waals surface area contributed by atoms with Gasteiger partial charge in [-0.05, 0) is 58.8 Å². The molecule has 0 saturated heterocycles. The molecule has 40 heavy (non-hydrogen) atoms. The van der Waals surface area contributed by atoms with Crippen LogP contribution in [-0.2, 0) is 17.8 Å². The van der Waals surface area contributed by atoms with Crippen LogP contribution in [-0.4, -0.2) is 55.5 Å². The lowest BCUT2D eigenvalue weighted by Gasteiger charge is -2.27. The Labute approximate surface area is 240 Å². The highest BCUT2D eigenvalue weighted by atomic mass is 32.1. The fraction of sp³-hybridized carbons (Fsp3) is 0.212. The molecule has 0 spiro atoms. The van der Waals surface area contributed by atoms with E-state index in [1.807, 2.05) is 95.2 Å². The fourth-order valence-electron chi connectivity index (χ4n) is 4.44. The number of amides is 2. The van der Waals surface area contributed by atoms with Crippen LogP contribution in [0, 0.1) is 0 Å². The van der Waals surface area contributed by atoms with Crippen molar-refractivity contribution in [3.8, 4) is 22.6 Å². The third-order valence-electron chi connectivity index (χ3n) is 6.60. The van der Waals surface area contributed by atoms with E-state index in [1.54, 1.807) is 36.5 Å². The van der Waals surface area contributed by atoms with Gasteiger partial charge in [0.05, 0.1) is 20.8 Å². The van der Waals surface area contributed by atoms with Crippen molar-refractivity contribution in [2.24, 2.45) is 0 Å². The third-order valence-corrected chi connectivity index (χ3v) is 7.46. The van der Waals surface area contributed by atoms with E-state index < -0.39 is 0 Å². The molecule has 0 aliphatic heterocycles. The zero-order chi connectivity index (χ0) is 28.3. The van der Waals surface area contributed by atoms with Gasteiger partial charge in [0.15, 0.2) is 11.5 Å². The van der Waals surface area contributed by atoms with Crippen molar-refractivity contribution in [3.05, 3.63) is 119 Å². The Morgan fingerprint density at radius 1 is 0.850 bits per heavy atom. The van der Waals surface area contributed by atoms with Crippen molar-refractivity contribution in [2.45, 2.75) is 13.0 Å². The van der Waals surface area contributed by atoms with Gasteiger partial charge in [0.1, 0.15) is 6.54 Å². The zero-order valence-electron chi connectivity index (χ0n) is 22.9. The maximum atomic E-state index is 13.6. The molecule has 2 amide bonds. The van der Waals surface area contributed by atoms with Crippen molar-refractivity contribution >= 4 is 23.2 Å². The first-order valence-corrected chi connectivity index (χ1v) is 14.0. The van der Waals surface area contributed by atoms with E-state index in [4.69, 9.17) is 9.47 Å². The number of hydrogen-bond acceptors (Lipinski definition) is 5. The average molecular weight is 555 g/mol. The highest BCUT2D eigenvalue weighted by molar-refractivity contribution is 7.09. The molecule has 0 fully saturated rings. The van der Waals surface area contributed by atoms with E-state index in [0.29, 0.717) is 36.6 Å². The highest BCUT2D eigenvalue weighted by Crippen LogP contribution is 2.28. The van der Waals surface area contributed by atoms with E-state index in [1.165, 1.54) is 0 Å². The van der Waals surface area contributed by atoms with Gasteiger partial charge in [-0.2, -0.15) is 0 Å². The van der Waals surface area contributed by atoms with Crippen molar-refractivity contribution in [1.82, 2.24) is 9.80 Å². The largest absolute Gasteiger partial charge is 0.493 e. The van der Waals surface area contributed by atoms with Crippen molar-refractivity contribution in [3.63, 3.8) is 0 Å². The molecule has 0 unspecified atom stereocenters. The molecule has 4 aromatic rings. The van der Waals surface area contributed by atoms with Gasteiger partial charge in [-0.1, -0.05) is 60.7 Å². The fourth-order valence-corrected chi connectivity index (χ4v) is 5.16. The SMILES string of the molecule is C=CCN(CC(=O)N(CCc1ccc(OC)c(OC)c1)Cc1cccs1)C(=O)c1ccc(-c2ccccc2)cc1. The summed E-state index contributed by atoms with van der Waals surface area (Å²) in [7, 11) is 3.21. The topological polar surface area (TPSA) is 59.1 Å². The van der Waals surface area contributed by atoms with Crippen LogP contribution in [0.15, 0.2) is 103 Å². The molecule has 0 radical (unpaired) electrons. The minimum Gasteiger partial charge on any atom is -0.493 e. The van der Waals surface area contributed by atoms with E-state index in [0.717, 1.165) is 21.6 Å². The summed E-state index contributed by atoms with van der Waals surface area (Å²) in [6, 6.07) is 27.3. The molecule has 0 saturated carbocycles. The highest BCUT2D eigenvalue weighted by Gasteiger charge is 2.22. The summed E-state index contributed by atoms with van der Waals surface area (Å²) in [5.74, 6) is 0.985. The van der Waals surface area contributed by atoms with Crippen molar-refractivity contribution < 1.29 is 19.1 Å². The van der Waals surface area contributed by atoms with Crippen LogP contribution < -0.4 is 9.47 Å². The van der Waals surface area contributed by atoms with Gasteiger partial charge in [0.2, 0.25) is 5.91 Å². The molecule has 0 atom stereocenters. The Balaban J connectivity index is 1.48. The van der Waals surface area contributed by atoms with Crippen LogP contribution in [0.3, 0.4) is 0 Å². The van der Waals surface area contributed by atoms with Gasteiger partial charge in [0.25, 0.3) is 5.91 Å². The number of thiophene rings is 1. The van der Waals surface area contributed by atoms with Crippen molar-refractivity contribution in [2.75, 3.05) is 33.9 Å². The Bertz CT molecular complexity index is 1400. The van der Waals surface area contributed by atoms with E-state index in [9.17, 15) is 9.59 Å². The van der Waals surface area contributed by atoms with E-state index >= 15 is 0 Å². The monoisotopic (exact) mass is 554 g/mol. The molecule has 0 N–H and O–H groups in total. The third kappa shape index (κ3) is 7.39. The standard InChI is InChI=1S/C33H34N2O4S/c1-4-19-35(33(37)28-15-13-27(14-16-28)26-9-6-5-7-10-26)24-32(36)34(23-29-11-8-21-40-29)20-18-25-12-17-30(38-2)31(22-25)39-3/h4-17,21-22H,1,18-20,23-24H2,2-3H3. The smallest absolute Gasteiger partial charge is 0.254 e. The molecular formula is C33H34N2O4S. The molecule has 1 aromatic heterocycles. The van der Waals surface area contributed by atoms with E-state index in [2.05, 4.69) is 6.58 Å². The lowest BCUT2D eigenvalue weighted by atomic mass is 10.0. The molecule has 7 heteroatoms. The zero-order valence-corrected chi connectivity index (χ0v) is 23.7. The van der Waals surface area contributed by atoms with Crippen LogP contribution in [0.25, 0.3) is 11.1 Å². The van der Waals surface area contributed by atoms with Gasteiger partial charge in [-0.3, -0.25) is 9.59 Å². The summed E-state index contributed by atoms with van der Waals surface area (Å²) >= 11 is 1.61. The number of hydrogen-bond donors (Lipinski definition) is 0. The quantitative estimate of drug-likeness (QED) is 0.181. The Hall–Kier alpha value is -4.36. The van der Waals surface area contributed by atoms with Crippen molar-refractivity contribution in [1.29, 1.82) is 0 Å². The predicted octanol–water partition coefficient (Wildman–Crippen LogP) is 6.33. The van der Waals surface area contributed by atoms with Gasteiger partial charge >= 0.3 is 0 Å². The molecule has 0 bridgehead atoms. The number of benzene rings is 3. The molecule has 6 nitrogen and oxygen atoms in total. The summed E-state index contributed by atoms with van der Waals surface area (Å²) in [6.07, 6.45) is 2.28. The molecule has 206 valence electrons. The number of ether oxygens (including phenoxy) is 2. The minimum absolute atomic E-state index is 0.0391. The number of rotatable bonds is 13. The molecule has 1 heterocycles. The first kappa shape index (κ1) is 28.6. The summed E-state index contributed by atoms with van der Waals surface area (Å²) in [6.45, 7) is 5.01. The predicted molar refractivity (Wildman–Crippen MR) is 161 cm³/mol. The first-order valence-electron chi connectivity index (χ1n) is 13.1. The van der Waals surface area contributed by atoms with Crippen LogP contribution in [0.4, 0.5) is 0 Å². The van der Waals surface area contributed by atoms with Crippen LogP contribution in [0.1, 0.15) is 20.8 Å². The van der Waals surface area contributed by atoms with Crippen LogP contribution in [0.5, 0.6) is 11.5 Å². The second-order valence-corrected chi connectivity index (χ2v) is 10.3. The number of methoxy groups -OCH3 is 2. The maximum Gasteiger partial charge on any atom is 0.254 e. The minimum atomic E-state index is -0.205.